The van der Waals surface area contributed by atoms with Crippen LogP contribution in [0.5, 0.6) is 0 Å². The van der Waals surface area contributed by atoms with E-state index in [9.17, 15) is 0 Å². The third-order valence-electron chi connectivity index (χ3n) is 2.78. The van der Waals surface area contributed by atoms with Crippen molar-refractivity contribution in [3.63, 3.8) is 0 Å². The summed E-state index contributed by atoms with van der Waals surface area (Å²) in [5.74, 6) is 0. The lowest BCUT2D eigenvalue weighted by Crippen LogP contribution is -2.16. The Morgan fingerprint density at radius 2 is 2.20 bits per heavy atom. The molecule has 0 amide bonds. The van der Waals surface area contributed by atoms with Crippen LogP contribution in [0.1, 0.15) is 12.5 Å². The molecule has 0 N–H and O–H groups in total. The number of fused-ring (bicyclic) bond motifs is 1. The van der Waals surface area contributed by atoms with Gasteiger partial charge in [0.2, 0.25) is 0 Å². The Bertz CT molecular complexity index is 459. The highest BCUT2D eigenvalue weighted by Crippen LogP contribution is 2.14. The third kappa shape index (κ3) is 2.02. The number of imidazole rings is 1. The second kappa shape index (κ2) is 4.03. The van der Waals surface area contributed by atoms with Gasteiger partial charge in [0.15, 0.2) is 0 Å². The van der Waals surface area contributed by atoms with Crippen LogP contribution in [0.3, 0.4) is 0 Å². The zero-order valence-corrected chi connectivity index (χ0v) is 9.57. The summed E-state index contributed by atoms with van der Waals surface area (Å²) in [5.41, 5.74) is 3.60. The van der Waals surface area contributed by atoms with Crippen LogP contribution >= 0.6 is 0 Å². The molecule has 0 atom stereocenters. The zero-order valence-electron chi connectivity index (χ0n) is 9.57. The predicted octanol–water partition coefficient (Wildman–Crippen LogP) is 2.02. The molecule has 2 aromatic rings. The first kappa shape index (κ1) is 10.2. The Labute approximate surface area is 90.3 Å². The van der Waals surface area contributed by atoms with Crippen molar-refractivity contribution in [2.45, 2.75) is 13.5 Å². The van der Waals surface area contributed by atoms with E-state index in [-0.39, 0.29) is 0 Å². The third-order valence-corrected chi connectivity index (χ3v) is 2.78. The van der Waals surface area contributed by atoms with Gasteiger partial charge in [-0.2, -0.15) is 0 Å². The molecule has 2 rings (SSSR count). The lowest BCUT2D eigenvalue weighted by atomic mass is 10.2. The van der Waals surface area contributed by atoms with Crippen molar-refractivity contribution in [1.82, 2.24) is 14.5 Å². The van der Waals surface area contributed by atoms with Crippen LogP contribution in [0.2, 0.25) is 0 Å². The summed E-state index contributed by atoms with van der Waals surface area (Å²) in [6.45, 7) is 4.22. The van der Waals surface area contributed by atoms with Gasteiger partial charge in [-0.1, -0.05) is 13.0 Å². The molecular formula is C12H17N3. The molecule has 0 aliphatic heterocycles. The van der Waals surface area contributed by atoms with Crippen molar-refractivity contribution in [1.29, 1.82) is 0 Å². The van der Waals surface area contributed by atoms with Gasteiger partial charge >= 0.3 is 0 Å². The second-order valence-corrected chi connectivity index (χ2v) is 4.01. The highest BCUT2D eigenvalue weighted by atomic mass is 15.1. The molecule has 3 nitrogen and oxygen atoms in total. The van der Waals surface area contributed by atoms with E-state index in [1.807, 2.05) is 17.9 Å². The number of benzene rings is 1. The molecule has 1 aromatic carbocycles. The Kier molecular flexibility index (Phi) is 2.73. The highest BCUT2D eigenvalue weighted by molar-refractivity contribution is 5.75. The molecule has 0 unspecified atom stereocenters. The molecule has 0 fully saturated rings. The van der Waals surface area contributed by atoms with Gasteiger partial charge in [0.1, 0.15) is 0 Å². The van der Waals surface area contributed by atoms with E-state index >= 15 is 0 Å². The van der Waals surface area contributed by atoms with Crippen molar-refractivity contribution in [3.8, 4) is 0 Å². The van der Waals surface area contributed by atoms with Gasteiger partial charge in [0, 0.05) is 13.6 Å². The lowest BCUT2D eigenvalue weighted by Gasteiger charge is -2.13. The summed E-state index contributed by atoms with van der Waals surface area (Å²) in [5, 5.41) is 0. The number of hydrogen-bond donors (Lipinski definition) is 0. The number of aryl methyl sites for hydroxylation is 1. The summed E-state index contributed by atoms with van der Waals surface area (Å²) >= 11 is 0. The van der Waals surface area contributed by atoms with E-state index in [1.54, 1.807) is 0 Å². The average molecular weight is 203 g/mol. The molecule has 0 aliphatic carbocycles. The maximum absolute atomic E-state index is 4.36. The quantitative estimate of drug-likeness (QED) is 0.761. The highest BCUT2D eigenvalue weighted by Gasteiger charge is 2.02. The van der Waals surface area contributed by atoms with Crippen molar-refractivity contribution in [2.75, 3.05) is 13.6 Å². The fourth-order valence-corrected chi connectivity index (χ4v) is 1.70. The standard InChI is InChI=1S/C12H17N3/c1-4-14(2)8-10-5-6-12-11(7-10)13-9-15(12)3/h5-7,9H,4,8H2,1-3H3. The van der Waals surface area contributed by atoms with E-state index in [2.05, 4.69) is 42.1 Å². The first-order valence-electron chi connectivity index (χ1n) is 5.29. The topological polar surface area (TPSA) is 21.1 Å². The molecule has 0 spiro atoms. The molecule has 0 saturated heterocycles. The van der Waals surface area contributed by atoms with Gasteiger partial charge in [-0.05, 0) is 31.3 Å². The SMILES string of the molecule is CCN(C)Cc1ccc2c(c1)ncn2C. The minimum Gasteiger partial charge on any atom is -0.334 e. The maximum Gasteiger partial charge on any atom is 0.0955 e. The van der Waals surface area contributed by atoms with Crippen LogP contribution < -0.4 is 0 Å². The summed E-state index contributed by atoms with van der Waals surface area (Å²) in [6, 6.07) is 6.48. The molecule has 80 valence electrons. The fraction of sp³-hybridized carbons (Fsp3) is 0.417. The summed E-state index contributed by atoms with van der Waals surface area (Å²) in [4.78, 5) is 6.64. The van der Waals surface area contributed by atoms with Crippen molar-refractivity contribution < 1.29 is 0 Å². The Balaban J connectivity index is 2.31. The van der Waals surface area contributed by atoms with E-state index < -0.39 is 0 Å². The summed E-state index contributed by atoms with van der Waals surface area (Å²) < 4.78 is 2.04. The Hall–Kier alpha value is -1.35. The number of hydrogen-bond acceptors (Lipinski definition) is 2. The van der Waals surface area contributed by atoms with Gasteiger partial charge in [-0.15, -0.1) is 0 Å². The van der Waals surface area contributed by atoms with Crippen LogP contribution in [0.25, 0.3) is 11.0 Å². The maximum atomic E-state index is 4.36. The molecule has 1 aromatic heterocycles. The molecule has 1 heterocycles. The van der Waals surface area contributed by atoms with Crippen LogP contribution in [0.15, 0.2) is 24.5 Å². The molecule has 3 heteroatoms. The van der Waals surface area contributed by atoms with Gasteiger partial charge in [0.25, 0.3) is 0 Å². The minimum atomic E-state index is 0.989. The Morgan fingerprint density at radius 3 is 2.93 bits per heavy atom. The predicted molar refractivity (Wildman–Crippen MR) is 62.7 cm³/mol. The van der Waals surface area contributed by atoms with Crippen LogP contribution in [-0.2, 0) is 13.6 Å². The monoisotopic (exact) mass is 203 g/mol. The van der Waals surface area contributed by atoms with Crippen LogP contribution in [0, 0.1) is 0 Å². The largest absolute Gasteiger partial charge is 0.334 e. The van der Waals surface area contributed by atoms with Gasteiger partial charge in [-0.3, -0.25) is 0 Å². The first-order chi connectivity index (χ1) is 7.20. The lowest BCUT2D eigenvalue weighted by molar-refractivity contribution is 0.346. The number of nitrogens with zero attached hydrogens (tertiary/aromatic N) is 3. The first-order valence-corrected chi connectivity index (χ1v) is 5.29. The average Bonchev–Trinajstić information content (AvgIpc) is 2.60. The van der Waals surface area contributed by atoms with Crippen molar-refractivity contribution >= 4 is 11.0 Å². The number of rotatable bonds is 3. The summed E-state index contributed by atoms with van der Waals surface area (Å²) in [7, 11) is 4.15. The molecule has 0 aliphatic rings. The Morgan fingerprint density at radius 1 is 1.40 bits per heavy atom. The van der Waals surface area contributed by atoms with E-state index in [1.165, 1.54) is 11.1 Å². The van der Waals surface area contributed by atoms with Gasteiger partial charge in [0.05, 0.1) is 17.4 Å². The van der Waals surface area contributed by atoms with Crippen molar-refractivity contribution in [2.24, 2.45) is 7.05 Å². The molecule has 0 radical (unpaired) electrons. The van der Waals surface area contributed by atoms with E-state index in [0.29, 0.717) is 0 Å². The van der Waals surface area contributed by atoms with Gasteiger partial charge < -0.3 is 9.47 Å². The summed E-state index contributed by atoms with van der Waals surface area (Å²) in [6.07, 6.45) is 1.86. The number of aromatic nitrogens is 2. The molecular weight excluding hydrogens is 186 g/mol. The second-order valence-electron chi connectivity index (χ2n) is 4.01. The molecule has 15 heavy (non-hydrogen) atoms. The minimum absolute atomic E-state index is 0.989. The zero-order chi connectivity index (χ0) is 10.8. The normalized spacial score (nSPS) is 11.5. The van der Waals surface area contributed by atoms with E-state index in [4.69, 9.17) is 0 Å². The fourth-order valence-electron chi connectivity index (χ4n) is 1.70. The smallest absolute Gasteiger partial charge is 0.0955 e. The van der Waals surface area contributed by atoms with Gasteiger partial charge in [-0.25, -0.2) is 4.98 Å². The van der Waals surface area contributed by atoms with Crippen LogP contribution in [0.4, 0.5) is 0 Å². The van der Waals surface area contributed by atoms with Crippen LogP contribution in [-0.4, -0.2) is 28.0 Å². The van der Waals surface area contributed by atoms with E-state index in [0.717, 1.165) is 18.6 Å². The molecule has 0 saturated carbocycles. The molecule has 0 bridgehead atoms. The van der Waals surface area contributed by atoms with Crippen molar-refractivity contribution in [3.05, 3.63) is 30.1 Å².